The zero-order valence-electron chi connectivity index (χ0n) is 5.26. The molecule has 2 N–H and O–H groups in total. The highest BCUT2D eigenvalue weighted by molar-refractivity contribution is 5.85. The fourth-order valence-electron chi connectivity index (χ4n) is 1.09. The standard InChI is InChI=1S/C6H13N.ClH/c1-5-2-3-6(5)4-7;/h5-6H,2-4,7H2,1H3;1H/t5-,6-;/m0./s1. The minimum absolute atomic E-state index is 0. The van der Waals surface area contributed by atoms with Crippen molar-refractivity contribution in [3.05, 3.63) is 0 Å². The monoisotopic (exact) mass is 135 g/mol. The van der Waals surface area contributed by atoms with Gasteiger partial charge in [0.2, 0.25) is 0 Å². The van der Waals surface area contributed by atoms with Crippen LogP contribution in [0.3, 0.4) is 0 Å². The van der Waals surface area contributed by atoms with Crippen LogP contribution < -0.4 is 5.73 Å². The van der Waals surface area contributed by atoms with Gasteiger partial charge in [0, 0.05) is 0 Å². The lowest BCUT2D eigenvalue weighted by atomic mass is 9.75. The summed E-state index contributed by atoms with van der Waals surface area (Å²) in [6, 6.07) is 0. The first-order valence-corrected chi connectivity index (χ1v) is 3.04. The van der Waals surface area contributed by atoms with Crippen LogP contribution in [0.4, 0.5) is 0 Å². The fraction of sp³-hybridized carbons (Fsp3) is 1.00. The number of nitrogens with two attached hydrogens (primary N) is 1. The Morgan fingerprint density at radius 2 is 2.12 bits per heavy atom. The van der Waals surface area contributed by atoms with Gasteiger partial charge in [0.25, 0.3) is 0 Å². The molecule has 8 heavy (non-hydrogen) atoms. The predicted molar refractivity (Wildman–Crippen MR) is 38.2 cm³/mol. The van der Waals surface area contributed by atoms with E-state index in [9.17, 15) is 0 Å². The van der Waals surface area contributed by atoms with Crippen LogP contribution in [0.25, 0.3) is 0 Å². The summed E-state index contributed by atoms with van der Waals surface area (Å²) in [5, 5.41) is 0. The number of hydrogen-bond donors (Lipinski definition) is 1. The SMILES string of the molecule is C[C@H]1CC[C@H]1CN.Cl. The zero-order valence-corrected chi connectivity index (χ0v) is 6.08. The molecule has 0 unspecified atom stereocenters. The molecule has 0 saturated heterocycles. The van der Waals surface area contributed by atoms with E-state index >= 15 is 0 Å². The molecule has 1 aliphatic carbocycles. The Morgan fingerprint density at radius 3 is 2.12 bits per heavy atom. The highest BCUT2D eigenvalue weighted by Crippen LogP contribution is 2.31. The van der Waals surface area contributed by atoms with Crippen LogP contribution in [-0.2, 0) is 0 Å². The van der Waals surface area contributed by atoms with Gasteiger partial charge in [0.05, 0.1) is 0 Å². The fourth-order valence-corrected chi connectivity index (χ4v) is 1.09. The summed E-state index contributed by atoms with van der Waals surface area (Å²) in [6.45, 7) is 3.18. The van der Waals surface area contributed by atoms with Crippen molar-refractivity contribution in [1.29, 1.82) is 0 Å². The van der Waals surface area contributed by atoms with Gasteiger partial charge in [-0.25, -0.2) is 0 Å². The van der Waals surface area contributed by atoms with Gasteiger partial charge in [0.1, 0.15) is 0 Å². The Balaban J connectivity index is 0.000000490. The molecular formula is C6H14ClN. The smallest absolute Gasteiger partial charge is 0.00463 e. The molecule has 1 fully saturated rings. The molecule has 0 aromatic heterocycles. The summed E-state index contributed by atoms with van der Waals surface area (Å²) in [4.78, 5) is 0. The first kappa shape index (κ1) is 8.25. The summed E-state index contributed by atoms with van der Waals surface area (Å²) in [5.74, 6) is 1.78. The molecule has 2 atom stereocenters. The van der Waals surface area contributed by atoms with E-state index in [0.29, 0.717) is 0 Å². The minimum Gasteiger partial charge on any atom is -0.330 e. The van der Waals surface area contributed by atoms with Gasteiger partial charge < -0.3 is 5.73 Å². The second kappa shape index (κ2) is 3.31. The first-order chi connectivity index (χ1) is 3.34. The van der Waals surface area contributed by atoms with E-state index in [1.54, 1.807) is 0 Å². The van der Waals surface area contributed by atoms with Crippen molar-refractivity contribution >= 4 is 12.4 Å². The van der Waals surface area contributed by atoms with Gasteiger partial charge in [-0.1, -0.05) is 13.3 Å². The van der Waals surface area contributed by atoms with Crippen LogP contribution in [0.15, 0.2) is 0 Å². The Morgan fingerprint density at radius 1 is 1.50 bits per heavy atom. The predicted octanol–water partition coefficient (Wildman–Crippen LogP) is 1.41. The number of hydrogen-bond acceptors (Lipinski definition) is 1. The lowest BCUT2D eigenvalue weighted by Gasteiger charge is -2.32. The average Bonchev–Trinajstić information content (AvgIpc) is 1.65. The molecule has 0 amide bonds. The van der Waals surface area contributed by atoms with Crippen molar-refractivity contribution in [1.82, 2.24) is 0 Å². The summed E-state index contributed by atoms with van der Waals surface area (Å²) in [7, 11) is 0. The largest absolute Gasteiger partial charge is 0.330 e. The third kappa shape index (κ3) is 1.36. The molecule has 50 valence electrons. The molecular weight excluding hydrogens is 122 g/mol. The van der Waals surface area contributed by atoms with E-state index < -0.39 is 0 Å². The molecule has 0 radical (unpaired) electrons. The number of halogens is 1. The van der Waals surface area contributed by atoms with Crippen molar-refractivity contribution in [2.45, 2.75) is 19.8 Å². The lowest BCUT2D eigenvalue weighted by molar-refractivity contribution is 0.205. The second-order valence-corrected chi connectivity index (χ2v) is 2.55. The highest BCUT2D eigenvalue weighted by atomic mass is 35.5. The third-order valence-corrected chi connectivity index (χ3v) is 2.10. The molecule has 1 saturated carbocycles. The maximum atomic E-state index is 5.42. The summed E-state index contributed by atoms with van der Waals surface area (Å²) < 4.78 is 0. The van der Waals surface area contributed by atoms with Crippen LogP contribution >= 0.6 is 12.4 Å². The van der Waals surface area contributed by atoms with Crippen LogP contribution in [0.1, 0.15) is 19.8 Å². The van der Waals surface area contributed by atoms with E-state index in [4.69, 9.17) is 5.73 Å². The highest BCUT2D eigenvalue weighted by Gasteiger charge is 2.24. The Hall–Kier alpha value is 0.250. The molecule has 0 bridgehead atoms. The Labute approximate surface area is 57.1 Å². The molecule has 1 nitrogen and oxygen atoms in total. The van der Waals surface area contributed by atoms with E-state index in [1.165, 1.54) is 12.8 Å². The van der Waals surface area contributed by atoms with E-state index in [2.05, 4.69) is 6.92 Å². The van der Waals surface area contributed by atoms with Crippen LogP contribution in [0, 0.1) is 11.8 Å². The molecule has 0 aromatic rings. The maximum Gasteiger partial charge on any atom is -0.00463 e. The Kier molecular flexibility index (Phi) is 3.41. The molecule has 0 spiro atoms. The number of rotatable bonds is 1. The molecule has 1 rings (SSSR count). The molecule has 0 aliphatic heterocycles. The van der Waals surface area contributed by atoms with Crippen LogP contribution in [0.5, 0.6) is 0 Å². The Bertz CT molecular complexity index is 63.5. The van der Waals surface area contributed by atoms with Crippen molar-refractivity contribution < 1.29 is 0 Å². The normalized spacial score (nSPS) is 35.2. The van der Waals surface area contributed by atoms with Gasteiger partial charge >= 0.3 is 0 Å². The maximum absolute atomic E-state index is 5.42. The van der Waals surface area contributed by atoms with Crippen molar-refractivity contribution in [2.24, 2.45) is 17.6 Å². The quantitative estimate of drug-likeness (QED) is 0.578. The van der Waals surface area contributed by atoms with Gasteiger partial charge in [0.15, 0.2) is 0 Å². The second-order valence-electron chi connectivity index (χ2n) is 2.55. The van der Waals surface area contributed by atoms with Gasteiger partial charge in [-0.2, -0.15) is 0 Å². The minimum atomic E-state index is 0. The summed E-state index contributed by atoms with van der Waals surface area (Å²) in [6.07, 6.45) is 2.78. The van der Waals surface area contributed by atoms with Gasteiger partial charge in [-0.15, -0.1) is 12.4 Å². The van der Waals surface area contributed by atoms with Crippen LogP contribution in [-0.4, -0.2) is 6.54 Å². The van der Waals surface area contributed by atoms with Crippen molar-refractivity contribution in [2.75, 3.05) is 6.54 Å². The summed E-state index contributed by atoms with van der Waals surface area (Å²) >= 11 is 0. The van der Waals surface area contributed by atoms with E-state index in [-0.39, 0.29) is 12.4 Å². The lowest BCUT2D eigenvalue weighted by Crippen LogP contribution is -2.29. The third-order valence-electron chi connectivity index (χ3n) is 2.10. The molecule has 0 aromatic carbocycles. The average molecular weight is 136 g/mol. The van der Waals surface area contributed by atoms with Gasteiger partial charge in [-0.05, 0) is 24.8 Å². The molecule has 1 aliphatic rings. The van der Waals surface area contributed by atoms with Crippen LogP contribution in [0.2, 0.25) is 0 Å². The van der Waals surface area contributed by atoms with Crippen molar-refractivity contribution in [3.8, 4) is 0 Å². The van der Waals surface area contributed by atoms with Gasteiger partial charge in [-0.3, -0.25) is 0 Å². The molecule has 2 heteroatoms. The topological polar surface area (TPSA) is 26.0 Å². The van der Waals surface area contributed by atoms with E-state index in [1.807, 2.05) is 0 Å². The summed E-state index contributed by atoms with van der Waals surface area (Å²) in [5.41, 5.74) is 5.42. The van der Waals surface area contributed by atoms with Crippen molar-refractivity contribution in [3.63, 3.8) is 0 Å². The first-order valence-electron chi connectivity index (χ1n) is 3.04. The van der Waals surface area contributed by atoms with E-state index in [0.717, 1.165) is 18.4 Å². The molecule has 0 heterocycles. The zero-order chi connectivity index (χ0) is 5.28.